The number of hydrogen-bond donors (Lipinski definition) is 1. The number of ketones is 1. The van der Waals surface area contributed by atoms with Crippen molar-refractivity contribution in [2.45, 2.75) is 86.0 Å². The van der Waals surface area contributed by atoms with E-state index >= 15 is 0 Å². The average molecular weight is 413 g/mol. The largest absolute Gasteiger partial charge is 0.396 e. The quantitative estimate of drug-likeness (QED) is 0.517. The molecule has 0 aromatic rings. The highest BCUT2D eigenvalue weighted by atomic mass is 16.3. The lowest BCUT2D eigenvalue weighted by molar-refractivity contribution is -0.127. The number of fused-ring (bicyclic) bond motifs is 5. The van der Waals surface area contributed by atoms with Crippen molar-refractivity contribution in [2.75, 3.05) is 6.61 Å². The van der Waals surface area contributed by atoms with Gasteiger partial charge in [-0.25, -0.2) is 0 Å². The number of Topliss-reactive ketones (excluding diaryl/α,β-unsaturated/α-hetero) is 1. The predicted octanol–water partition coefficient (Wildman–Crippen LogP) is 6.59. The summed E-state index contributed by atoms with van der Waals surface area (Å²) >= 11 is 0. The van der Waals surface area contributed by atoms with Crippen molar-refractivity contribution < 1.29 is 9.90 Å². The molecule has 1 unspecified atom stereocenters. The summed E-state index contributed by atoms with van der Waals surface area (Å²) in [5.41, 5.74) is 2.57. The minimum absolute atomic E-state index is 0.268. The molecule has 2 heteroatoms. The van der Waals surface area contributed by atoms with E-state index in [0.717, 1.165) is 43.4 Å². The molecule has 1 N–H and O–H groups in total. The Bertz CT molecular complexity index is 720. The molecular weight excluding hydrogens is 368 g/mol. The molecule has 0 amide bonds. The maximum Gasteiger partial charge on any atom is 0.133 e. The maximum atomic E-state index is 12.1. The number of carbonyl (C=O) groups excluding carboxylic acids is 1. The number of carbonyl (C=O) groups is 1. The minimum Gasteiger partial charge on any atom is -0.396 e. The summed E-state index contributed by atoms with van der Waals surface area (Å²) in [5, 5.41) is 9.45. The zero-order valence-electron chi connectivity index (χ0n) is 20.0. The molecule has 9 atom stereocenters. The van der Waals surface area contributed by atoms with Crippen LogP contribution in [0, 0.1) is 52.3 Å². The Kier molecular flexibility index (Phi) is 6.12. The van der Waals surface area contributed by atoms with Gasteiger partial charge in [-0.15, -0.1) is 0 Å². The Morgan fingerprint density at radius 1 is 1.07 bits per heavy atom. The molecule has 0 heterocycles. The van der Waals surface area contributed by atoms with Crippen molar-refractivity contribution in [2.24, 2.45) is 52.3 Å². The van der Waals surface area contributed by atoms with Crippen LogP contribution in [-0.2, 0) is 4.79 Å². The van der Waals surface area contributed by atoms with E-state index < -0.39 is 0 Å². The van der Waals surface area contributed by atoms with Crippen LogP contribution in [0.2, 0.25) is 0 Å². The molecule has 4 aliphatic rings. The van der Waals surface area contributed by atoms with Crippen molar-refractivity contribution in [1.29, 1.82) is 0 Å². The number of allylic oxidation sites excluding steroid dienone is 4. The van der Waals surface area contributed by atoms with Crippen LogP contribution in [0.1, 0.15) is 86.0 Å². The smallest absolute Gasteiger partial charge is 0.133 e. The molecule has 0 spiro atoms. The number of aliphatic hydroxyl groups excluding tert-OH is 1. The summed E-state index contributed by atoms with van der Waals surface area (Å²) in [6.07, 6.45) is 16.7. The van der Waals surface area contributed by atoms with Crippen LogP contribution >= 0.6 is 0 Å². The third-order valence-electron chi connectivity index (χ3n) is 10.5. The Hall–Kier alpha value is -0.890. The minimum atomic E-state index is 0.268. The fraction of sp³-hybridized carbons (Fsp3) is 0.821. The third-order valence-corrected chi connectivity index (χ3v) is 10.5. The highest BCUT2D eigenvalue weighted by molar-refractivity contribution is 5.79. The molecule has 4 aliphatic carbocycles. The van der Waals surface area contributed by atoms with Gasteiger partial charge in [0, 0.05) is 19.4 Å². The molecule has 3 fully saturated rings. The van der Waals surface area contributed by atoms with Crippen LogP contribution in [0.5, 0.6) is 0 Å². The molecule has 0 saturated heterocycles. The second kappa shape index (κ2) is 8.23. The van der Waals surface area contributed by atoms with Crippen molar-refractivity contribution in [3.8, 4) is 0 Å². The second-order valence-corrected chi connectivity index (χ2v) is 12.0. The lowest BCUT2D eigenvalue weighted by Crippen LogP contribution is -2.49. The molecule has 0 aromatic carbocycles. The molecule has 0 bridgehead atoms. The Morgan fingerprint density at radius 3 is 2.53 bits per heavy atom. The maximum absolute atomic E-state index is 12.1. The van der Waals surface area contributed by atoms with Crippen LogP contribution in [0.15, 0.2) is 23.8 Å². The number of hydrogen-bond acceptors (Lipinski definition) is 2. The molecule has 2 nitrogen and oxygen atoms in total. The highest BCUT2D eigenvalue weighted by Gasteiger charge is 2.58. The van der Waals surface area contributed by atoms with Gasteiger partial charge in [-0.2, -0.15) is 0 Å². The van der Waals surface area contributed by atoms with Crippen molar-refractivity contribution in [1.82, 2.24) is 0 Å². The molecule has 0 aliphatic heterocycles. The van der Waals surface area contributed by atoms with Crippen molar-refractivity contribution in [3.05, 3.63) is 23.8 Å². The highest BCUT2D eigenvalue weighted by Crippen LogP contribution is 2.66. The summed E-state index contributed by atoms with van der Waals surface area (Å²) < 4.78 is 0. The first kappa shape index (κ1) is 22.3. The van der Waals surface area contributed by atoms with E-state index in [9.17, 15) is 9.90 Å². The molecular formula is C28H44O2. The normalized spacial score (nSPS) is 44.1. The second-order valence-electron chi connectivity index (χ2n) is 12.0. The molecule has 4 rings (SSSR count). The Balaban J connectivity index is 1.52. The topological polar surface area (TPSA) is 37.3 Å². The van der Waals surface area contributed by atoms with E-state index in [-0.39, 0.29) is 6.61 Å². The van der Waals surface area contributed by atoms with Gasteiger partial charge < -0.3 is 5.11 Å². The fourth-order valence-electron chi connectivity index (χ4n) is 8.05. The molecule has 3 saturated carbocycles. The summed E-state index contributed by atoms with van der Waals surface area (Å²) in [6, 6.07) is 0. The first-order chi connectivity index (χ1) is 14.2. The van der Waals surface area contributed by atoms with Gasteiger partial charge >= 0.3 is 0 Å². The van der Waals surface area contributed by atoms with Crippen molar-refractivity contribution in [3.63, 3.8) is 0 Å². The van der Waals surface area contributed by atoms with Gasteiger partial charge in [-0.1, -0.05) is 58.4 Å². The molecule has 0 radical (unpaired) electrons. The monoisotopic (exact) mass is 412 g/mol. The summed E-state index contributed by atoms with van der Waals surface area (Å²) in [6.45, 7) is 12.2. The lowest BCUT2D eigenvalue weighted by atomic mass is 9.48. The van der Waals surface area contributed by atoms with Crippen LogP contribution in [0.3, 0.4) is 0 Å². The van der Waals surface area contributed by atoms with Crippen LogP contribution in [-0.4, -0.2) is 17.5 Å². The molecule has 168 valence electrons. The van der Waals surface area contributed by atoms with Crippen LogP contribution in [0.25, 0.3) is 0 Å². The van der Waals surface area contributed by atoms with Gasteiger partial charge in [-0.05, 0) is 90.8 Å². The summed E-state index contributed by atoms with van der Waals surface area (Å²) in [5.74, 6) is 4.69. The van der Waals surface area contributed by atoms with E-state index in [1.165, 1.54) is 25.7 Å². The first-order valence-electron chi connectivity index (χ1n) is 12.7. The average Bonchev–Trinajstić information content (AvgIpc) is 3.09. The Morgan fingerprint density at radius 2 is 1.80 bits per heavy atom. The lowest BCUT2D eigenvalue weighted by Gasteiger charge is -2.57. The van der Waals surface area contributed by atoms with E-state index in [4.69, 9.17) is 0 Å². The van der Waals surface area contributed by atoms with Gasteiger partial charge in [0.05, 0.1) is 0 Å². The molecule has 0 aromatic heterocycles. The zero-order valence-corrected chi connectivity index (χ0v) is 20.0. The SMILES string of the molecule is C[C@H](C=C[C@H](C)[C@H](C)CO)[C@H]1CC[C@H]2C3=CCC4CC(=O)CC[C@]4(C)[C@H]3CC[C@]12C. The zero-order chi connectivity index (χ0) is 21.7. The summed E-state index contributed by atoms with van der Waals surface area (Å²) in [7, 11) is 0. The number of rotatable bonds is 5. The first-order valence-corrected chi connectivity index (χ1v) is 12.7. The predicted molar refractivity (Wildman–Crippen MR) is 124 cm³/mol. The number of aliphatic hydroxyl groups is 1. The van der Waals surface area contributed by atoms with Crippen LogP contribution < -0.4 is 0 Å². The standard InChI is InChI=1S/C28H44O2/c1-18(20(3)17-29)6-7-19(2)24-10-11-25-23-9-8-21-16-22(30)12-14-27(21,4)26(23)13-15-28(24,25)5/h6-7,9,18-21,24-26,29H,8,10-17H2,1-5H3/t18-,19+,20+,21?,24+,25-,26-,27-,28+/m0/s1. The third kappa shape index (κ3) is 3.55. The van der Waals surface area contributed by atoms with E-state index in [1.54, 1.807) is 5.57 Å². The fourth-order valence-corrected chi connectivity index (χ4v) is 8.05. The van der Waals surface area contributed by atoms with Gasteiger partial charge in [0.15, 0.2) is 0 Å². The van der Waals surface area contributed by atoms with Crippen LogP contribution in [0.4, 0.5) is 0 Å². The Labute approximate surface area is 184 Å². The van der Waals surface area contributed by atoms with E-state index in [0.29, 0.717) is 40.3 Å². The molecule has 30 heavy (non-hydrogen) atoms. The van der Waals surface area contributed by atoms with E-state index in [2.05, 4.69) is 52.8 Å². The summed E-state index contributed by atoms with van der Waals surface area (Å²) in [4.78, 5) is 12.1. The van der Waals surface area contributed by atoms with Gasteiger partial charge in [-0.3, -0.25) is 4.79 Å². The van der Waals surface area contributed by atoms with Gasteiger partial charge in [0.2, 0.25) is 0 Å². The van der Waals surface area contributed by atoms with E-state index in [1.807, 2.05) is 0 Å². The van der Waals surface area contributed by atoms with Crippen molar-refractivity contribution >= 4 is 5.78 Å². The van der Waals surface area contributed by atoms with Gasteiger partial charge in [0.25, 0.3) is 0 Å². The van der Waals surface area contributed by atoms with Gasteiger partial charge in [0.1, 0.15) is 5.78 Å².